The molecule has 3 N–H and O–H groups in total. The second-order valence-corrected chi connectivity index (χ2v) is 12.7. The van der Waals surface area contributed by atoms with E-state index in [1.165, 1.54) is 0 Å². The van der Waals surface area contributed by atoms with Gasteiger partial charge in [0.2, 0.25) is 0 Å². The molecule has 0 amide bonds. The number of aliphatic hydroxyl groups is 1. The van der Waals surface area contributed by atoms with E-state index in [1.54, 1.807) is 38.3 Å². The summed E-state index contributed by atoms with van der Waals surface area (Å²) in [4.78, 5) is 21.4. The number of carboxylic acid groups (broad SMARTS) is 1. The first-order valence-corrected chi connectivity index (χ1v) is 14.6. The number of nitrogens with zero attached hydrogens (tertiary/aromatic N) is 3. The lowest BCUT2D eigenvalue weighted by molar-refractivity contribution is -0.136. The number of hydrogen-bond donors (Lipinski definition) is 3. The topological polar surface area (TPSA) is 112 Å². The second-order valence-electron chi connectivity index (χ2n) is 11.2. The summed E-state index contributed by atoms with van der Waals surface area (Å²) in [6.07, 6.45) is 3.55. The zero-order valence-electron chi connectivity index (χ0n) is 24.0. The summed E-state index contributed by atoms with van der Waals surface area (Å²) in [5.41, 5.74) is 8.79. The van der Waals surface area contributed by atoms with E-state index >= 15 is 0 Å². The van der Waals surface area contributed by atoms with Crippen LogP contribution in [0.5, 0.6) is 0 Å². The van der Waals surface area contributed by atoms with Crippen molar-refractivity contribution in [2.45, 2.75) is 46.6 Å². The Kier molecular flexibility index (Phi) is 8.14. The molecule has 0 atom stereocenters. The number of carbonyl (C=O) groups is 1. The van der Waals surface area contributed by atoms with Crippen LogP contribution >= 0.6 is 22.9 Å². The Balaban J connectivity index is 0.000000652. The molecule has 214 valence electrons. The van der Waals surface area contributed by atoms with Gasteiger partial charge in [-0.1, -0.05) is 23.7 Å². The zero-order valence-corrected chi connectivity index (χ0v) is 25.6. The number of benzene rings is 3. The van der Waals surface area contributed by atoms with Crippen LogP contribution < -0.4 is 0 Å². The van der Waals surface area contributed by atoms with E-state index in [-0.39, 0.29) is 6.42 Å². The highest BCUT2D eigenvalue weighted by molar-refractivity contribution is 7.22. The van der Waals surface area contributed by atoms with Gasteiger partial charge in [-0.25, -0.2) is 4.98 Å². The first-order chi connectivity index (χ1) is 19.9. The Morgan fingerprint density at radius 2 is 1.71 bits per heavy atom. The Morgan fingerprint density at radius 1 is 1.00 bits per heavy atom. The van der Waals surface area contributed by atoms with Crippen molar-refractivity contribution in [2.75, 3.05) is 0 Å². The van der Waals surface area contributed by atoms with Crippen LogP contribution in [0, 0.1) is 13.8 Å². The van der Waals surface area contributed by atoms with E-state index in [1.807, 2.05) is 49.5 Å². The van der Waals surface area contributed by atoms with Crippen LogP contribution in [0.1, 0.15) is 37.5 Å². The fourth-order valence-corrected chi connectivity index (χ4v) is 6.01. The molecule has 0 radical (unpaired) electrons. The highest BCUT2D eigenvalue weighted by Gasteiger charge is 2.20. The quantitative estimate of drug-likeness (QED) is 0.184. The fraction of sp³-hybridized carbons (Fsp3) is 0.212. The summed E-state index contributed by atoms with van der Waals surface area (Å²) in [5.74, 6) is -0.869. The highest BCUT2D eigenvalue weighted by Crippen LogP contribution is 2.41. The van der Waals surface area contributed by atoms with Crippen molar-refractivity contribution in [1.29, 1.82) is 0 Å². The van der Waals surface area contributed by atoms with Gasteiger partial charge in [-0.3, -0.25) is 14.9 Å². The monoisotopic (exact) mass is 598 g/mol. The molecule has 0 saturated carbocycles. The van der Waals surface area contributed by atoms with Gasteiger partial charge in [-0.15, -0.1) is 11.3 Å². The summed E-state index contributed by atoms with van der Waals surface area (Å²) >= 11 is 7.70. The predicted molar refractivity (Wildman–Crippen MR) is 171 cm³/mol. The van der Waals surface area contributed by atoms with Crippen molar-refractivity contribution in [3.8, 4) is 33.0 Å². The molecule has 0 saturated heterocycles. The fourth-order valence-electron chi connectivity index (χ4n) is 4.75. The minimum absolute atomic E-state index is 0.0673. The van der Waals surface area contributed by atoms with Crippen LogP contribution in [-0.4, -0.2) is 41.9 Å². The van der Waals surface area contributed by atoms with Crippen molar-refractivity contribution in [3.05, 3.63) is 88.7 Å². The number of fused-ring (bicyclic) bond motifs is 2. The minimum atomic E-state index is -0.869. The van der Waals surface area contributed by atoms with Gasteiger partial charge in [-0.05, 0) is 99.3 Å². The standard InChI is InChI=1S/C29H21ClN4O2S.C4H10O/c1-15-9-23-19(14-32-34-23)11-21(15)24-12-18(7-8-31-24)29-33-25-10-16(2)22(13-26(35)36)27(28(25)37-29)17-3-5-20(30)6-4-17;1-4(2,3)5/h3-12,14H,13H2,1-2H3,(H,32,34)(H,35,36);5H,1-3H3. The molecular formula is C33H31ClN4O3S. The molecule has 3 aromatic heterocycles. The van der Waals surface area contributed by atoms with Gasteiger partial charge < -0.3 is 10.2 Å². The lowest BCUT2D eigenvalue weighted by Gasteiger charge is -2.13. The first-order valence-electron chi connectivity index (χ1n) is 13.4. The predicted octanol–water partition coefficient (Wildman–Crippen LogP) is 8.24. The molecule has 6 rings (SSSR count). The molecule has 6 aromatic rings. The van der Waals surface area contributed by atoms with E-state index in [4.69, 9.17) is 21.7 Å². The van der Waals surface area contributed by atoms with Gasteiger partial charge in [0.25, 0.3) is 0 Å². The third-order valence-electron chi connectivity index (χ3n) is 6.54. The maximum atomic E-state index is 11.7. The number of aromatic amines is 1. The number of pyridine rings is 1. The number of aliphatic carboxylic acids is 1. The van der Waals surface area contributed by atoms with E-state index < -0.39 is 11.6 Å². The summed E-state index contributed by atoms with van der Waals surface area (Å²) in [6, 6.07) is 17.7. The van der Waals surface area contributed by atoms with Gasteiger partial charge in [-0.2, -0.15) is 5.10 Å². The molecular weight excluding hydrogens is 568 g/mol. The molecule has 0 spiro atoms. The highest BCUT2D eigenvalue weighted by atomic mass is 35.5. The van der Waals surface area contributed by atoms with Crippen LogP contribution in [-0.2, 0) is 11.2 Å². The number of hydrogen-bond acceptors (Lipinski definition) is 6. The van der Waals surface area contributed by atoms with Crippen LogP contribution in [0.3, 0.4) is 0 Å². The van der Waals surface area contributed by atoms with Gasteiger partial charge in [0.1, 0.15) is 5.01 Å². The Morgan fingerprint density at radius 3 is 2.40 bits per heavy atom. The van der Waals surface area contributed by atoms with Crippen LogP contribution in [0.2, 0.25) is 5.02 Å². The van der Waals surface area contributed by atoms with Crippen LogP contribution in [0.4, 0.5) is 0 Å². The summed E-state index contributed by atoms with van der Waals surface area (Å²) in [7, 11) is 0. The Hall–Kier alpha value is -4.11. The van der Waals surface area contributed by atoms with Gasteiger partial charge in [0.15, 0.2) is 0 Å². The summed E-state index contributed by atoms with van der Waals surface area (Å²) in [6.45, 7) is 9.23. The van der Waals surface area contributed by atoms with E-state index in [0.717, 1.165) is 70.8 Å². The maximum Gasteiger partial charge on any atom is 0.307 e. The number of H-pyrrole nitrogens is 1. The zero-order chi connectivity index (χ0) is 30.2. The molecule has 0 aliphatic rings. The lowest BCUT2D eigenvalue weighted by atomic mass is 9.93. The van der Waals surface area contributed by atoms with Crippen molar-refractivity contribution in [1.82, 2.24) is 20.2 Å². The molecule has 0 fully saturated rings. The van der Waals surface area contributed by atoms with Crippen molar-refractivity contribution in [2.24, 2.45) is 0 Å². The second kappa shape index (κ2) is 11.6. The molecule has 42 heavy (non-hydrogen) atoms. The third kappa shape index (κ3) is 6.51. The SMILES string of the molecule is CC(C)(C)O.Cc1cc2[nH]ncc2cc1-c1cc(-c2nc3cc(C)c(CC(=O)O)c(-c4ccc(Cl)cc4)c3s2)ccn1. The molecule has 0 unspecified atom stereocenters. The molecule has 3 heterocycles. The number of thiazole rings is 1. The maximum absolute atomic E-state index is 11.7. The molecule has 3 aromatic carbocycles. The van der Waals surface area contributed by atoms with E-state index in [0.29, 0.717) is 5.02 Å². The molecule has 9 heteroatoms. The largest absolute Gasteiger partial charge is 0.481 e. The number of nitrogens with one attached hydrogen (secondary N) is 1. The smallest absolute Gasteiger partial charge is 0.307 e. The lowest BCUT2D eigenvalue weighted by Crippen LogP contribution is -2.10. The van der Waals surface area contributed by atoms with Gasteiger partial charge >= 0.3 is 5.97 Å². The number of aromatic nitrogens is 4. The Bertz CT molecular complexity index is 1910. The molecule has 0 aliphatic carbocycles. The summed E-state index contributed by atoms with van der Waals surface area (Å²) < 4.78 is 0.952. The number of aryl methyl sites for hydroxylation is 2. The van der Waals surface area contributed by atoms with Crippen molar-refractivity contribution < 1.29 is 15.0 Å². The minimum Gasteiger partial charge on any atom is -0.481 e. The number of carboxylic acids is 1. The molecule has 0 aliphatic heterocycles. The third-order valence-corrected chi connectivity index (χ3v) is 7.93. The average molecular weight is 599 g/mol. The van der Waals surface area contributed by atoms with Crippen LogP contribution in [0.15, 0.2) is 67.0 Å². The van der Waals surface area contributed by atoms with Crippen molar-refractivity contribution >= 4 is 50.0 Å². The van der Waals surface area contributed by atoms with E-state index in [9.17, 15) is 9.90 Å². The van der Waals surface area contributed by atoms with E-state index in [2.05, 4.69) is 40.3 Å². The van der Waals surface area contributed by atoms with Crippen molar-refractivity contribution in [3.63, 3.8) is 0 Å². The Labute approximate surface area is 252 Å². The average Bonchev–Trinajstić information content (AvgIpc) is 3.55. The number of rotatable bonds is 5. The van der Waals surface area contributed by atoms with Crippen LogP contribution in [0.25, 0.3) is 54.1 Å². The normalized spacial score (nSPS) is 11.5. The molecule has 7 nitrogen and oxygen atoms in total. The summed E-state index contributed by atoms with van der Waals surface area (Å²) in [5, 5.41) is 27.8. The first kappa shape index (κ1) is 29.4. The number of halogens is 1. The van der Waals surface area contributed by atoms with Gasteiger partial charge in [0.05, 0.1) is 39.6 Å². The van der Waals surface area contributed by atoms with Gasteiger partial charge in [0, 0.05) is 33.3 Å². The molecule has 0 bridgehead atoms.